The minimum Gasteiger partial charge on any atom is -0.472 e. The van der Waals surface area contributed by atoms with Gasteiger partial charge in [-0.25, -0.2) is 0 Å². The van der Waals surface area contributed by atoms with Gasteiger partial charge in [-0.1, -0.05) is 0 Å². The molecule has 0 amide bonds. The van der Waals surface area contributed by atoms with Gasteiger partial charge < -0.3 is 10.3 Å². The van der Waals surface area contributed by atoms with Gasteiger partial charge in [0.2, 0.25) is 0 Å². The number of rotatable bonds is 3. The van der Waals surface area contributed by atoms with Gasteiger partial charge in [-0.05, 0) is 37.8 Å². The first-order valence-electron chi connectivity index (χ1n) is 3.92. The third-order valence-electron chi connectivity index (χ3n) is 1.50. The first kappa shape index (κ1) is 14.0. The molecule has 1 aromatic rings. The second kappa shape index (κ2) is 6.50. The average Bonchev–Trinajstić information content (AvgIpc) is 2.08. The molecule has 0 saturated heterocycles. The highest BCUT2D eigenvalue weighted by Crippen LogP contribution is 2.35. The SMILES string of the molecule is CSc1ccc(N)c(OP(C)C)c1.P. The van der Waals surface area contributed by atoms with Gasteiger partial charge in [0, 0.05) is 4.90 Å². The fourth-order valence-corrected chi connectivity index (χ4v) is 1.90. The Labute approximate surface area is 94.4 Å². The van der Waals surface area contributed by atoms with Gasteiger partial charge in [0.15, 0.2) is 0 Å². The van der Waals surface area contributed by atoms with E-state index >= 15 is 0 Å². The molecule has 5 heteroatoms. The molecule has 0 radical (unpaired) electrons. The van der Waals surface area contributed by atoms with Crippen LogP contribution in [0.15, 0.2) is 23.1 Å². The van der Waals surface area contributed by atoms with Crippen molar-refractivity contribution in [3.05, 3.63) is 18.2 Å². The smallest absolute Gasteiger partial charge is 0.147 e. The zero-order chi connectivity index (χ0) is 9.84. The fraction of sp³-hybridized carbons (Fsp3) is 0.333. The monoisotopic (exact) mass is 249 g/mol. The topological polar surface area (TPSA) is 35.2 Å². The molecule has 0 aliphatic rings. The van der Waals surface area contributed by atoms with Gasteiger partial charge in [0.05, 0.1) is 13.8 Å². The summed E-state index contributed by atoms with van der Waals surface area (Å²) in [6.45, 7) is 4.11. The second-order valence-electron chi connectivity index (χ2n) is 2.81. The minimum atomic E-state index is -0.400. The van der Waals surface area contributed by atoms with E-state index in [1.165, 1.54) is 4.90 Å². The zero-order valence-corrected chi connectivity index (χ0v) is 11.9. The van der Waals surface area contributed by atoms with E-state index in [0.29, 0.717) is 5.69 Å². The Morgan fingerprint density at radius 1 is 1.36 bits per heavy atom. The maximum absolute atomic E-state index is 5.77. The molecule has 1 atom stereocenters. The number of hydrogen-bond acceptors (Lipinski definition) is 3. The normalized spacial score (nSPS) is 9.71. The molecule has 0 fully saturated rings. The third kappa shape index (κ3) is 4.04. The van der Waals surface area contributed by atoms with Gasteiger partial charge in [-0.3, -0.25) is 0 Å². The van der Waals surface area contributed by atoms with Crippen molar-refractivity contribution in [3.8, 4) is 5.75 Å². The molecule has 2 N–H and O–H groups in total. The highest BCUT2D eigenvalue weighted by atomic mass is 32.2. The molecule has 0 aromatic heterocycles. The lowest BCUT2D eigenvalue weighted by Gasteiger charge is -2.12. The summed E-state index contributed by atoms with van der Waals surface area (Å²) in [5, 5.41) is 0. The maximum atomic E-state index is 5.77. The Kier molecular flexibility index (Phi) is 6.52. The molecule has 2 nitrogen and oxygen atoms in total. The van der Waals surface area contributed by atoms with Crippen LogP contribution in [0.5, 0.6) is 5.75 Å². The van der Waals surface area contributed by atoms with Crippen LogP contribution in [-0.2, 0) is 0 Å². The van der Waals surface area contributed by atoms with Gasteiger partial charge in [-0.2, -0.15) is 9.90 Å². The molecular weight excluding hydrogens is 232 g/mol. The minimum absolute atomic E-state index is 0. The van der Waals surface area contributed by atoms with Gasteiger partial charge >= 0.3 is 0 Å². The largest absolute Gasteiger partial charge is 0.472 e. The molecule has 80 valence electrons. The van der Waals surface area contributed by atoms with Gasteiger partial charge in [0.25, 0.3) is 0 Å². The van der Waals surface area contributed by atoms with Crippen LogP contribution in [0.1, 0.15) is 0 Å². The second-order valence-corrected chi connectivity index (χ2v) is 5.49. The molecule has 0 spiro atoms. The number of anilines is 1. The molecule has 0 heterocycles. The number of thioether (sulfide) groups is 1. The van der Waals surface area contributed by atoms with Crippen LogP contribution >= 0.6 is 29.8 Å². The van der Waals surface area contributed by atoms with Crippen LogP contribution in [0.25, 0.3) is 0 Å². The van der Waals surface area contributed by atoms with E-state index in [1.54, 1.807) is 11.8 Å². The van der Waals surface area contributed by atoms with Gasteiger partial charge in [0.1, 0.15) is 5.75 Å². The standard InChI is InChI=1S/C9H14NOPS.H3P/c1-12(2)11-9-6-7(13-3)4-5-8(9)10;/h4-6H,10H2,1-3H3;1H3. The Morgan fingerprint density at radius 2 is 2.00 bits per heavy atom. The molecule has 1 unspecified atom stereocenters. The average molecular weight is 249 g/mol. The van der Waals surface area contributed by atoms with Crippen molar-refractivity contribution in [3.63, 3.8) is 0 Å². The van der Waals surface area contributed by atoms with Crippen molar-refractivity contribution in [1.82, 2.24) is 0 Å². The Balaban J connectivity index is 0.00000169. The van der Waals surface area contributed by atoms with Crippen LogP contribution in [0.4, 0.5) is 5.69 Å². The first-order valence-corrected chi connectivity index (χ1v) is 7.30. The van der Waals surface area contributed by atoms with Crippen LogP contribution < -0.4 is 10.3 Å². The summed E-state index contributed by atoms with van der Waals surface area (Å²) in [6.07, 6.45) is 2.04. The van der Waals surface area contributed by atoms with Crippen molar-refractivity contribution in [1.29, 1.82) is 0 Å². The van der Waals surface area contributed by atoms with Crippen molar-refractivity contribution in [2.45, 2.75) is 4.90 Å². The molecule has 0 aliphatic carbocycles. The predicted molar refractivity (Wildman–Crippen MR) is 73.1 cm³/mol. The van der Waals surface area contributed by atoms with Crippen LogP contribution in [0, 0.1) is 0 Å². The van der Waals surface area contributed by atoms with E-state index in [4.69, 9.17) is 10.3 Å². The van der Waals surface area contributed by atoms with Crippen molar-refractivity contribution in [2.75, 3.05) is 25.3 Å². The predicted octanol–water partition coefficient (Wildman–Crippen LogP) is 3.08. The summed E-state index contributed by atoms with van der Waals surface area (Å²) >= 11 is 1.69. The van der Waals surface area contributed by atoms with Crippen molar-refractivity contribution >= 4 is 35.5 Å². The first-order chi connectivity index (χ1) is 6.13. The number of nitrogens with two attached hydrogens (primary N) is 1. The fourth-order valence-electron chi connectivity index (χ4n) is 0.917. The molecule has 14 heavy (non-hydrogen) atoms. The number of hydrogen-bond donors (Lipinski definition) is 1. The zero-order valence-electron chi connectivity index (χ0n) is 8.78. The molecular formula is C9H17NOP2S. The lowest BCUT2D eigenvalue weighted by molar-refractivity contribution is 0.624. The number of nitrogen functional groups attached to an aromatic ring is 1. The van der Waals surface area contributed by atoms with E-state index in [2.05, 4.69) is 13.3 Å². The molecule has 1 aromatic carbocycles. The summed E-state index contributed by atoms with van der Waals surface area (Å²) in [4.78, 5) is 1.18. The maximum Gasteiger partial charge on any atom is 0.147 e. The number of benzene rings is 1. The molecule has 0 bridgehead atoms. The van der Waals surface area contributed by atoms with E-state index < -0.39 is 8.15 Å². The summed E-state index contributed by atoms with van der Waals surface area (Å²) in [5.74, 6) is 0.808. The van der Waals surface area contributed by atoms with Gasteiger partial charge in [-0.15, -0.1) is 11.8 Å². The molecule has 0 saturated carbocycles. The quantitative estimate of drug-likeness (QED) is 0.508. The highest BCUT2D eigenvalue weighted by molar-refractivity contribution is 7.98. The lowest BCUT2D eigenvalue weighted by Crippen LogP contribution is -1.92. The molecule has 1 rings (SSSR count). The van der Waals surface area contributed by atoms with Crippen LogP contribution in [0.3, 0.4) is 0 Å². The van der Waals surface area contributed by atoms with E-state index in [0.717, 1.165) is 5.75 Å². The Morgan fingerprint density at radius 3 is 2.50 bits per heavy atom. The lowest BCUT2D eigenvalue weighted by atomic mass is 10.3. The Bertz CT molecular complexity index is 294. The van der Waals surface area contributed by atoms with Crippen molar-refractivity contribution in [2.24, 2.45) is 0 Å². The van der Waals surface area contributed by atoms with Crippen molar-refractivity contribution < 1.29 is 4.52 Å². The Hall–Kier alpha value is 0.0300. The van der Waals surface area contributed by atoms with E-state index in [9.17, 15) is 0 Å². The summed E-state index contributed by atoms with van der Waals surface area (Å²) in [6, 6.07) is 5.88. The van der Waals surface area contributed by atoms with E-state index in [1.807, 2.05) is 24.5 Å². The third-order valence-corrected chi connectivity index (χ3v) is 2.79. The van der Waals surface area contributed by atoms with Crippen LogP contribution in [-0.4, -0.2) is 19.6 Å². The van der Waals surface area contributed by atoms with E-state index in [-0.39, 0.29) is 9.90 Å². The van der Waals surface area contributed by atoms with Crippen LogP contribution in [0.2, 0.25) is 0 Å². The summed E-state index contributed by atoms with van der Waals surface area (Å²) in [7, 11) is -0.400. The highest BCUT2D eigenvalue weighted by Gasteiger charge is 2.03. The summed E-state index contributed by atoms with van der Waals surface area (Å²) < 4.78 is 5.61. The summed E-state index contributed by atoms with van der Waals surface area (Å²) in [5.41, 5.74) is 6.49. The molecule has 0 aliphatic heterocycles.